The normalized spacial score (nSPS) is 19.8. The number of amides is 2. The summed E-state index contributed by atoms with van der Waals surface area (Å²) in [4.78, 5) is 29.2. The van der Waals surface area contributed by atoms with Crippen molar-refractivity contribution >= 4 is 57.1 Å². The van der Waals surface area contributed by atoms with Crippen LogP contribution in [0.15, 0.2) is 53.4 Å². The molecule has 0 aromatic heterocycles. The highest BCUT2D eigenvalue weighted by Crippen LogP contribution is 2.44. The lowest BCUT2D eigenvalue weighted by molar-refractivity contribution is -0.115. The molecule has 0 unspecified atom stereocenters. The molecule has 1 fully saturated rings. The molecule has 4 nitrogen and oxygen atoms in total. The van der Waals surface area contributed by atoms with E-state index in [9.17, 15) is 9.59 Å². The Kier molecular flexibility index (Phi) is 3.74. The summed E-state index contributed by atoms with van der Waals surface area (Å²) >= 11 is 6.61. The predicted molar refractivity (Wildman–Crippen MR) is 106 cm³/mol. The molecule has 2 aliphatic rings. The van der Waals surface area contributed by atoms with Gasteiger partial charge in [-0.25, -0.2) is 0 Å². The van der Waals surface area contributed by atoms with Gasteiger partial charge in [-0.1, -0.05) is 59.9 Å². The van der Waals surface area contributed by atoms with E-state index in [1.54, 1.807) is 11.9 Å². The number of nitrogens with zero attached hydrogens (tertiary/aromatic N) is 2. The Hall–Kier alpha value is -2.44. The number of rotatable bonds is 1. The number of carbonyl (C=O) groups is 2. The zero-order valence-electron chi connectivity index (χ0n) is 13.6. The lowest BCUT2D eigenvalue weighted by Gasteiger charge is -2.14. The second-order valence-corrected chi connectivity index (χ2v) is 7.57. The van der Waals surface area contributed by atoms with Gasteiger partial charge in [-0.05, 0) is 25.1 Å². The fourth-order valence-electron chi connectivity index (χ4n) is 3.02. The Morgan fingerprint density at radius 1 is 0.960 bits per heavy atom. The van der Waals surface area contributed by atoms with Gasteiger partial charge in [0.2, 0.25) is 0 Å². The number of thiocarbonyl (C=S) groups is 1. The fourth-order valence-corrected chi connectivity index (χ4v) is 4.40. The lowest BCUT2D eigenvalue weighted by atomic mass is 10.1. The maximum absolute atomic E-state index is 13.0. The number of anilines is 2. The summed E-state index contributed by atoms with van der Waals surface area (Å²) in [5.41, 5.74) is 3.84. The molecule has 0 saturated carbocycles. The second-order valence-electron chi connectivity index (χ2n) is 5.93. The van der Waals surface area contributed by atoms with Crippen LogP contribution in [0.1, 0.15) is 11.1 Å². The van der Waals surface area contributed by atoms with Crippen LogP contribution in [0.5, 0.6) is 0 Å². The molecule has 4 rings (SSSR count). The number of para-hydroxylation sites is 1. The van der Waals surface area contributed by atoms with Crippen LogP contribution >= 0.6 is 24.0 Å². The molecule has 0 bridgehead atoms. The maximum atomic E-state index is 13.0. The molecule has 6 heteroatoms. The van der Waals surface area contributed by atoms with Crippen molar-refractivity contribution in [2.24, 2.45) is 0 Å². The molecule has 0 atom stereocenters. The van der Waals surface area contributed by atoms with Gasteiger partial charge >= 0.3 is 0 Å². The SMILES string of the molecule is Cc1ccc(N2C(=O)/C(=C3\C(=O)N(C)c4ccccc43)SC2=S)cc1. The van der Waals surface area contributed by atoms with Crippen molar-refractivity contribution in [1.82, 2.24) is 0 Å². The number of thioether (sulfide) groups is 1. The van der Waals surface area contributed by atoms with E-state index in [1.807, 2.05) is 55.5 Å². The van der Waals surface area contributed by atoms with E-state index in [4.69, 9.17) is 12.2 Å². The first-order valence-electron chi connectivity index (χ1n) is 7.73. The van der Waals surface area contributed by atoms with Crippen LogP contribution in [0.4, 0.5) is 11.4 Å². The molecule has 0 N–H and O–H groups in total. The number of hydrogen-bond donors (Lipinski definition) is 0. The smallest absolute Gasteiger partial charge is 0.271 e. The highest BCUT2D eigenvalue weighted by Gasteiger charge is 2.41. The van der Waals surface area contributed by atoms with Gasteiger partial charge < -0.3 is 4.90 Å². The van der Waals surface area contributed by atoms with Crippen LogP contribution in [0, 0.1) is 6.92 Å². The van der Waals surface area contributed by atoms with E-state index >= 15 is 0 Å². The van der Waals surface area contributed by atoms with Gasteiger partial charge in [0.15, 0.2) is 4.32 Å². The molecule has 0 radical (unpaired) electrons. The summed E-state index contributed by atoms with van der Waals surface area (Å²) in [6.45, 7) is 1.99. The van der Waals surface area contributed by atoms with Crippen LogP contribution in [0.3, 0.4) is 0 Å². The Bertz CT molecular complexity index is 964. The van der Waals surface area contributed by atoms with Crippen molar-refractivity contribution in [3.63, 3.8) is 0 Å². The number of benzene rings is 2. The topological polar surface area (TPSA) is 40.6 Å². The van der Waals surface area contributed by atoms with E-state index in [1.165, 1.54) is 16.7 Å². The van der Waals surface area contributed by atoms with Crippen LogP contribution in [-0.2, 0) is 9.59 Å². The molecular weight excluding hydrogens is 352 g/mol. The molecule has 2 heterocycles. The van der Waals surface area contributed by atoms with Crippen molar-refractivity contribution in [2.75, 3.05) is 16.8 Å². The molecule has 0 aliphatic carbocycles. The Labute approximate surface area is 155 Å². The molecule has 1 saturated heterocycles. The van der Waals surface area contributed by atoms with Crippen molar-refractivity contribution in [3.05, 3.63) is 64.6 Å². The highest BCUT2D eigenvalue weighted by molar-refractivity contribution is 8.27. The van der Waals surface area contributed by atoms with Gasteiger partial charge in [0, 0.05) is 12.6 Å². The third-order valence-corrected chi connectivity index (χ3v) is 5.71. The van der Waals surface area contributed by atoms with Gasteiger partial charge in [0.1, 0.15) is 0 Å². The molecule has 25 heavy (non-hydrogen) atoms. The third-order valence-electron chi connectivity index (χ3n) is 4.34. The summed E-state index contributed by atoms with van der Waals surface area (Å²) in [5.74, 6) is -0.419. The molecule has 2 amide bonds. The predicted octanol–water partition coefficient (Wildman–Crippen LogP) is 3.75. The monoisotopic (exact) mass is 366 g/mol. The number of carbonyl (C=O) groups excluding carboxylic acids is 2. The number of aryl methyl sites for hydroxylation is 1. The van der Waals surface area contributed by atoms with E-state index in [-0.39, 0.29) is 11.8 Å². The number of fused-ring (bicyclic) bond motifs is 1. The highest BCUT2D eigenvalue weighted by atomic mass is 32.2. The maximum Gasteiger partial charge on any atom is 0.271 e. The van der Waals surface area contributed by atoms with Crippen LogP contribution in [0.2, 0.25) is 0 Å². The molecular formula is C19H14N2O2S2. The molecule has 2 aromatic rings. The molecule has 124 valence electrons. The van der Waals surface area contributed by atoms with Gasteiger partial charge in [0.25, 0.3) is 11.8 Å². The van der Waals surface area contributed by atoms with Gasteiger partial charge in [-0.2, -0.15) is 0 Å². The Morgan fingerprint density at radius 3 is 2.36 bits per heavy atom. The summed E-state index contributed by atoms with van der Waals surface area (Å²) in [7, 11) is 1.72. The van der Waals surface area contributed by atoms with Crippen LogP contribution < -0.4 is 9.80 Å². The average molecular weight is 366 g/mol. The average Bonchev–Trinajstić information content (AvgIpc) is 3.03. The molecule has 2 aromatic carbocycles. The number of likely N-dealkylation sites (N-methyl/N-ethyl adjacent to an activating group) is 1. The number of hydrogen-bond acceptors (Lipinski definition) is 4. The first kappa shape index (κ1) is 16.1. The zero-order valence-corrected chi connectivity index (χ0v) is 15.3. The molecule has 0 spiro atoms. The van der Waals surface area contributed by atoms with Crippen molar-refractivity contribution in [1.29, 1.82) is 0 Å². The largest absolute Gasteiger partial charge is 0.311 e. The van der Waals surface area contributed by atoms with E-state index in [0.717, 1.165) is 22.5 Å². The first-order chi connectivity index (χ1) is 12.0. The minimum Gasteiger partial charge on any atom is -0.311 e. The van der Waals surface area contributed by atoms with Gasteiger partial charge in [-0.3, -0.25) is 14.5 Å². The van der Waals surface area contributed by atoms with Crippen LogP contribution in [0.25, 0.3) is 5.57 Å². The Balaban J connectivity index is 1.84. The zero-order chi connectivity index (χ0) is 17.7. The van der Waals surface area contributed by atoms with Crippen molar-refractivity contribution < 1.29 is 9.59 Å². The fraction of sp³-hybridized carbons (Fsp3) is 0.105. The van der Waals surface area contributed by atoms with Crippen molar-refractivity contribution in [3.8, 4) is 0 Å². The summed E-state index contributed by atoms with van der Waals surface area (Å²) < 4.78 is 0.441. The summed E-state index contributed by atoms with van der Waals surface area (Å²) in [6.07, 6.45) is 0. The lowest BCUT2D eigenvalue weighted by Crippen LogP contribution is -2.28. The first-order valence-corrected chi connectivity index (χ1v) is 8.96. The van der Waals surface area contributed by atoms with E-state index < -0.39 is 0 Å². The van der Waals surface area contributed by atoms with Crippen molar-refractivity contribution in [2.45, 2.75) is 6.92 Å². The summed E-state index contributed by atoms with van der Waals surface area (Å²) in [5, 5.41) is 0. The summed E-state index contributed by atoms with van der Waals surface area (Å²) in [6, 6.07) is 15.1. The van der Waals surface area contributed by atoms with Gasteiger partial charge in [-0.15, -0.1) is 0 Å². The Morgan fingerprint density at radius 2 is 1.64 bits per heavy atom. The second kappa shape index (κ2) is 5.82. The molecule has 2 aliphatic heterocycles. The van der Waals surface area contributed by atoms with E-state index in [0.29, 0.717) is 14.8 Å². The van der Waals surface area contributed by atoms with E-state index in [2.05, 4.69) is 0 Å². The standard InChI is InChI=1S/C19H14N2O2S2/c1-11-7-9-12(10-8-11)21-18(23)16(25-19(21)24)15-13-5-3-4-6-14(13)20(2)17(15)22/h3-10H,1-2H3/b16-15+. The quantitative estimate of drug-likeness (QED) is 0.569. The minimum absolute atomic E-state index is 0.175. The minimum atomic E-state index is -0.243. The van der Waals surface area contributed by atoms with Crippen LogP contribution in [-0.4, -0.2) is 23.2 Å². The third kappa shape index (κ3) is 2.41. The van der Waals surface area contributed by atoms with Gasteiger partial charge in [0.05, 0.1) is 21.9 Å².